The highest BCUT2D eigenvalue weighted by atomic mass is 32.2. The zero-order valence-electron chi connectivity index (χ0n) is 13.4. The first-order chi connectivity index (χ1) is 11.1. The van der Waals surface area contributed by atoms with Gasteiger partial charge in [0.2, 0.25) is 5.91 Å². The third-order valence-electron chi connectivity index (χ3n) is 3.45. The molecule has 0 bridgehead atoms. The molecule has 0 atom stereocenters. The van der Waals surface area contributed by atoms with Crippen LogP contribution in [0.3, 0.4) is 0 Å². The van der Waals surface area contributed by atoms with Crippen LogP contribution in [0.1, 0.15) is 36.5 Å². The molecule has 1 N–H and O–H groups in total. The Morgan fingerprint density at radius 3 is 2.35 bits per heavy atom. The molecule has 4 heteroatoms. The van der Waals surface area contributed by atoms with Crippen LogP contribution in [0.25, 0.3) is 0 Å². The van der Waals surface area contributed by atoms with Crippen molar-refractivity contribution in [3.8, 4) is 6.07 Å². The molecule has 0 aliphatic heterocycles. The van der Waals surface area contributed by atoms with Crippen LogP contribution in [-0.4, -0.2) is 11.7 Å². The van der Waals surface area contributed by atoms with E-state index in [1.165, 1.54) is 11.1 Å². The average Bonchev–Trinajstić information content (AvgIpc) is 2.56. The number of hydrogen-bond donors (Lipinski definition) is 1. The predicted molar refractivity (Wildman–Crippen MR) is 96.5 cm³/mol. The summed E-state index contributed by atoms with van der Waals surface area (Å²) >= 11 is 1.59. The monoisotopic (exact) mass is 324 g/mol. The third-order valence-corrected chi connectivity index (χ3v) is 4.45. The van der Waals surface area contributed by atoms with Crippen LogP contribution < -0.4 is 5.32 Å². The Morgan fingerprint density at radius 2 is 1.78 bits per heavy atom. The number of carbonyl (C=O) groups excluding carboxylic acids is 1. The normalized spacial score (nSPS) is 10.3. The summed E-state index contributed by atoms with van der Waals surface area (Å²) in [6, 6.07) is 17.5. The van der Waals surface area contributed by atoms with Gasteiger partial charge in [-0.15, -0.1) is 11.8 Å². The first kappa shape index (κ1) is 17.1. The van der Waals surface area contributed by atoms with Gasteiger partial charge in [-0.2, -0.15) is 5.26 Å². The topological polar surface area (TPSA) is 52.9 Å². The minimum atomic E-state index is -0.0292. The van der Waals surface area contributed by atoms with Gasteiger partial charge in [0.05, 0.1) is 17.4 Å². The molecular weight excluding hydrogens is 304 g/mol. The van der Waals surface area contributed by atoms with Crippen molar-refractivity contribution in [2.75, 3.05) is 11.1 Å². The highest BCUT2D eigenvalue weighted by Crippen LogP contribution is 2.18. The van der Waals surface area contributed by atoms with Gasteiger partial charge in [-0.3, -0.25) is 4.79 Å². The van der Waals surface area contributed by atoms with Gasteiger partial charge in [-0.05, 0) is 41.3 Å². The molecule has 3 nitrogen and oxygen atoms in total. The Labute approximate surface area is 141 Å². The van der Waals surface area contributed by atoms with Gasteiger partial charge < -0.3 is 5.32 Å². The summed E-state index contributed by atoms with van der Waals surface area (Å²) in [5.41, 5.74) is 3.86. The second-order valence-corrected chi connectivity index (χ2v) is 6.61. The van der Waals surface area contributed by atoms with E-state index in [0.717, 1.165) is 11.4 Å². The molecule has 0 unspecified atom stereocenters. The second-order valence-electron chi connectivity index (χ2n) is 5.63. The minimum Gasteiger partial charge on any atom is -0.325 e. The van der Waals surface area contributed by atoms with Gasteiger partial charge in [-0.25, -0.2) is 0 Å². The molecule has 0 fully saturated rings. The van der Waals surface area contributed by atoms with Crippen molar-refractivity contribution in [1.29, 1.82) is 5.26 Å². The van der Waals surface area contributed by atoms with E-state index in [0.29, 0.717) is 17.2 Å². The minimum absolute atomic E-state index is 0.0292. The highest BCUT2D eigenvalue weighted by Gasteiger charge is 2.04. The lowest BCUT2D eigenvalue weighted by atomic mass is 10.0. The molecule has 2 aromatic carbocycles. The maximum atomic E-state index is 11.9. The summed E-state index contributed by atoms with van der Waals surface area (Å²) < 4.78 is 0. The number of carbonyl (C=O) groups is 1. The van der Waals surface area contributed by atoms with Crippen LogP contribution in [0.4, 0.5) is 5.69 Å². The van der Waals surface area contributed by atoms with Crippen LogP contribution in [0.2, 0.25) is 0 Å². The Bertz CT molecular complexity index is 685. The molecule has 2 aromatic rings. The van der Waals surface area contributed by atoms with E-state index < -0.39 is 0 Å². The fraction of sp³-hybridized carbons (Fsp3) is 0.263. The summed E-state index contributed by atoms with van der Waals surface area (Å²) in [5.74, 6) is 1.74. The van der Waals surface area contributed by atoms with Gasteiger partial charge in [0.15, 0.2) is 0 Å². The van der Waals surface area contributed by atoms with Crippen molar-refractivity contribution in [1.82, 2.24) is 0 Å². The van der Waals surface area contributed by atoms with Gasteiger partial charge in [0.25, 0.3) is 0 Å². The summed E-state index contributed by atoms with van der Waals surface area (Å²) in [4.78, 5) is 11.9. The number of nitriles is 1. The van der Waals surface area contributed by atoms with Crippen LogP contribution in [0.5, 0.6) is 0 Å². The van der Waals surface area contributed by atoms with Gasteiger partial charge >= 0.3 is 0 Å². The average molecular weight is 324 g/mol. The van der Waals surface area contributed by atoms with Crippen molar-refractivity contribution in [3.63, 3.8) is 0 Å². The van der Waals surface area contributed by atoms with E-state index in [9.17, 15) is 4.79 Å². The third kappa shape index (κ3) is 5.46. The molecule has 0 saturated carbocycles. The van der Waals surface area contributed by atoms with Crippen LogP contribution >= 0.6 is 11.8 Å². The molecule has 1 amide bonds. The van der Waals surface area contributed by atoms with Crippen molar-refractivity contribution in [2.24, 2.45) is 0 Å². The largest absolute Gasteiger partial charge is 0.325 e. The number of anilines is 1. The Kier molecular flexibility index (Phi) is 6.25. The molecule has 0 radical (unpaired) electrons. The van der Waals surface area contributed by atoms with E-state index in [-0.39, 0.29) is 5.91 Å². The van der Waals surface area contributed by atoms with Crippen molar-refractivity contribution < 1.29 is 4.79 Å². The highest BCUT2D eigenvalue weighted by molar-refractivity contribution is 7.99. The van der Waals surface area contributed by atoms with Gasteiger partial charge in [0, 0.05) is 11.4 Å². The number of rotatable bonds is 6. The van der Waals surface area contributed by atoms with Gasteiger partial charge in [0.1, 0.15) is 0 Å². The van der Waals surface area contributed by atoms with Crippen molar-refractivity contribution in [2.45, 2.75) is 25.5 Å². The summed E-state index contributed by atoms with van der Waals surface area (Å²) in [7, 11) is 0. The lowest BCUT2D eigenvalue weighted by Crippen LogP contribution is -2.14. The molecule has 0 saturated heterocycles. The number of nitrogens with one attached hydrogen (secondary N) is 1. The fourth-order valence-corrected chi connectivity index (χ4v) is 2.87. The van der Waals surface area contributed by atoms with E-state index in [1.54, 1.807) is 36.0 Å². The lowest BCUT2D eigenvalue weighted by Gasteiger charge is -2.07. The Morgan fingerprint density at radius 1 is 1.13 bits per heavy atom. The summed E-state index contributed by atoms with van der Waals surface area (Å²) in [6.07, 6.45) is 0. The SMILES string of the molecule is CC(C)c1ccc(CSCC(=O)Nc2ccc(C#N)cc2)cc1. The predicted octanol–water partition coefficient (Wildman–Crippen LogP) is 4.55. The fourth-order valence-electron chi connectivity index (χ4n) is 2.09. The van der Waals surface area contributed by atoms with E-state index in [1.807, 2.05) is 0 Å². The molecule has 0 heterocycles. The number of amides is 1. The van der Waals surface area contributed by atoms with Crippen LogP contribution in [0, 0.1) is 11.3 Å². The Balaban J connectivity index is 1.76. The zero-order chi connectivity index (χ0) is 16.7. The summed E-state index contributed by atoms with van der Waals surface area (Å²) in [6.45, 7) is 4.36. The number of nitrogens with zero attached hydrogens (tertiary/aromatic N) is 1. The van der Waals surface area contributed by atoms with Gasteiger partial charge in [-0.1, -0.05) is 38.1 Å². The summed E-state index contributed by atoms with van der Waals surface area (Å²) in [5, 5.41) is 11.6. The molecule has 0 aliphatic rings. The second kappa shape index (κ2) is 8.40. The molecule has 0 spiro atoms. The number of hydrogen-bond acceptors (Lipinski definition) is 3. The number of thioether (sulfide) groups is 1. The molecule has 2 rings (SSSR count). The smallest absolute Gasteiger partial charge is 0.234 e. The molecule has 0 aromatic heterocycles. The molecular formula is C19H20N2OS. The van der Waals surface area contributed by atoms with E-state index in [2.05, 4.69) is 49.5 Å². The number of benzene rings is 2. The maximum Gasteiger partial charge on any atom is 0.234 e. The first-order valence-corrected chi connectivity index (χ1v) is 8.70. The first-order valence-electron chi connectivity index (χ1n) is 7.55. The lowest BCUT2D eigenvalue weighted by molar-refractivity contribution is -0.113. The quantitative estimate of drug-likeness (QED) is 0.848. The van der Waals surface area contributed by atoms with Crippen molar-refractivity contribution >= 4 is 23.4 Å². The van der Waals surface area contributed by atoms with E-state index in [4.69, 9.17) is 5.26 Å². The standard InChI is InChI=1S/C19H20N2OS/c1-14(2)17-7-3-16(4-8-17)12-23-13-19(22)21-18-9-5-15(11-20)6-10-18/h3-10,14H,12-13H2,1-2H3,(H,21,22). The maximum absolute atomic E-state index is 11.9. The Hall–Kier alpha value is -2.25. The zero-order valence-corrected chi connectivity index (χ0v) is 14.2. The van der Waals surface area contributed by atoms with Crippen LogP contribution in [-0.2, 0) is 10.5 Å². The molecule has 118 valence electrons. The van der Waals surface area contributed by atoms with Crippen LogP contribution in [0.15, 0.2) is 48.5 Å². The van der Waals surface area contributed by atoms with Crippen molar-refractivity contribution in [3.05, 3.63) is 65.2 Å². The molecule has 0 aliphatic carbocycles. The van der Waals surface area contributed by atoms with E-state index >= 15 is 0 Å². The molecule has 23 heavy (non-hydrogen) atoms.